The van der Waals surface area contributed by atoms with Gasteiger partial charge in [0.2, 0.25) is 5.91 Å². The number of para-hydroxylation sites is 1. The summed E-state index contributed by atoms with van der Waals surface area (Å²) in [5, 5.41) is 4.90. The van der Waals surface area contributed by atoms with Gasteiger partial charge in [0.05, 0.1) is 34.8 Å². The van der Waals surface area contributed by atoms with Gasteiger partial charge in [-0.3, -0.25) is 19.1 Å². The van der Waals surface area contributed by atoms with Crippen LogP contribution in [0.2, 0.25) is 10.0 Å². The van der Waals surface area contributed by atoms with Crippen LogP contribution in [0.1, 0.15) is 19.3 Å². The molecule has 4 rings (SSSR count). The van der Waals surface area contributed by atoms with Crippen LogP contribution in [-0.4, -0.2) is 65.5 Å². The van der Waals surface area contributed by atoms with Gasteiger partial charge in [0.1, 0.15) is 0 Å². The molecule has 0 radical (unpaired) electrons. The van der Waals surface area contributed by atoms with E-state index in [2.05, 4.69) is 10.2 Å². The number of thioether (sulfide) groups is 1. The van der Waals surface area contributed by atoms with Gasteiger partial charge in [0.15, 0.2) is 5.16 Å². The lowest BCUT2D eigenvalue weighted by molar-refractivity contribution is -0.121. The van der Waals surface area contributed by atoms with E-state index >= 15 is 0 Å². The number of nitrogens with zero attached hydrogens (tertiary/aromatic N) is 3. The second-order valence-corrected chi connectivity index (χ2v) is 10.2. The van der Waals surface area contributed by atoms with Gasteiger partial charge in [0, 0.05) is 36.8 Å². The molecule has 1 fully saturated rings. The normalized spacial score (nSPS) is 14.3. The van der Waals surface area contributed by atoms with Crippen LogP contribution in [0.25, 0.3) is 16.6 Å². The third kappa shape index (κ3) is 6.98. The number of aromatic nitrogens is 2. The third-order valence-electron chi connectivity index (χ3n) is 5.75. The molecule has 0 spiro atoms. The Morgan fingerprint density at radius 3 is 2.71 bits per heavy atom. The lowest BCUT2D eigenvalue weighted by atomic mass is 10.2. The second-order valence-electron chi connectivity index (χ2n) is 8.26. The molecule has 1 aliphatic heterocycles. The van der Waals surface area contributed by atoms with Gasteiger partial charge in [-0.05, 0) is 49.7 Å². The van der Waals surface area contributed by atoms with Crippen molar-refractivity contribution in [1.29, 1.82) is 0 Å². The van der Waals surface area contributed by atoms with Crippen molar-refractivity contribution in [2.75, 3.05) is 45.1 Å². The molecule has 3 aromatic rings. The zero-order chi connectivity index (χ0) is 24.6. The molecule has 0 unspecified atom stereocenters. The maximum Gasteiger partial charge on any atom is 0.266 e. The van der Waals surface area contributed by atoms with E-state index in [4.69, 9.17) is 32.9 Å². The number of morpholine rings is 1. The monoisotopic (exact) mass is 534 g/mol. The number of carbonyl (C=O) groups excluding carboxylic acids is 1. The number of amides is 1. The standard InChI is InChI=1S/C25H28Cl2N4O3S/c26-18-8-9-22(20(27)17-18)31-24(33)19-5-1-2-6-21(19)29-25(31)35-16-3-7-23(32)28-10-4-11-30-12-14-34-15-13-30/h1-2,5-6,8-9,17H,3-4,7,10-16H2,(H,28,32). The summed E-state index contributed by atoms with van der Waals surface area (Å²) in [6, 6.07) is 12.3. The van der Waals surface area contributed by atoms with Crippen molar-refractivity contribution in [2.45, 2.75) is 24.4 Å². The average Bonchev–Trinajstić information content (AvgIpc) is 2.86. The second kappa shape index (κ2) is 12.7. The van der Waals surface area contributed by atoms with Gasteiger partial charge in [-0.1, -0.05) is 47.1 Å². The van der Waals surface area contributed by atoms with E-state index in [-0.39, 0.29) is 11.5 Å². The lowest BCUT2D eigenvalue weighted by Crippen LogP contribution is -2.38. The highest BCUT2D eigenvalue weighted by molar-refractivity contribution is 7.99. The molecule has 1 aliphatic rings. The predicted octanol–water partition coefficient (Wildman–Crippen LogP) is 4.40. The molecule has 0 atom stereocenters. The summed E-state index contributed by atoms with van der Waals surface area (Å²) in [5.74, 6) is 0.675. The summed E-state index contributed by atoms with van der Waals surface area (Å²) in [6.07, 6.45) is 2.01. The minimum Gasteiger partial charge on any atom is -0.379 e. The first-order chi connectivity index (χ1) is 17.0. The van der Waals surface area contributed by atoms with Crippen LogP contribution in [-0.2, 0) is 9.53 Å². The Hall–Kier alpha value is -2.10. The Morgan fingerprint density at radius 1 is 1.11 bits per heavy atom. The van der Waals surface area contributed by atoms with E-state index in [9.17, 15) is 9.59 Å². The van der Waals surface area contributed by atoms with Crippen LogP contribution in [0.4, 0.5) is 0 Å². The van der Waals surface area contributed by atoms with Crippen molar-refractivity contribution in [3.8, 4) is 5.69 Å². The first-order valence-electron chi connectivity index (χ1n) is 11.7. The molecule has 1 amide bonds. The Labute approximate surface area is 218 Å². The molecule has 0 bridgehead atoms. The van der Waals surface area contributed by atoms with Crippen molar-refractivity contribution >= 4 is 51.8 Å². The molecule has 1 N–H and O–H groups in total. The SMILES string of the molecule is O=C(CCCSc1nc2ccccc2c(=O)n1-c1ccc(Cl)cc1Cl)NCCCN1CCOCC1. The molecule has 0 aliphatic carbocycles. The summed E-state index contributed by atoms with van der Waals surface area (Å²) >= 11 is 13.9. The van der Waals surface area contributed by atoms with Crippen LogP contribution in [0.3, 0.4) is 0 Å². The third-order valence-corrected chi connectivity index (χ3v) is 7.31. The molecule has 2 heterocycles. The van der Waals surface area contributed by atoms with E-state index < -0.39 is 0 Å². The quantitative estimate of drug-likeness (QED) is 0.236. The van der Waals surface area contributed by atoms with Crippen LogP contribution in [0.5, 0.6) is 0 Å². The van der Waals surface area contributed by atoms with Crippen LogP contribution in [0, 0.1) is 0 Å². The minimum atomic E-state index is -0.194. The molecule has 1 aromatic heterocycles. The van der Waals surface area contributed by atoms with E-state index in [0.717, 1.165) is 39.3 Å². The zero-order valence-corrected chi connectivity index (χ0v) is 21.7. The van der Waals surface area contributed by atoms with E-state index in [1.165, 1.54) is 16.3 Å². The van der Waals surface area contributed by atoms with Crippen molar-refractivity contribution in [3.63, 3.8) is 0 Å². The molecule has 7 nitrogen and oxygen atoms in total. The average molecular weight is 535 g/mol. The molecular weight excluding hydrogens is 507 g/mol. The van der Waals surface area contributed by atoms with E-state index in [1.807, 2.05) is 18.2 Å². The van der Waals surface area contributed by atoms with Crippen LogP contribution >= 0.6 is 35.0 Å². The number of carbonyl (C=O) groups is 1. The van der Waals surface area contributed by atoms with Gasteiger partial charge >= 0.3 is 0 Å². The van der Waals surface area contributed by atoms with Gasteiger partial charge in [-0.2, -0.15) is 0 Å². The Morgan fingerprint density at radius 2 is 1.91 bits per heavy atom. The molecule has 2 aromatic carbocycles. The Kier molecular flexibility index (Phi) is 9.45. The number of ether oxygens (including phenoxy) is 1. The molecule has 186 valence electrons. The highest BCUT2D eigenvalue weighted by Gasteiger charge is 2.16. The summed E-state index contributed by atoms with van der Waals surface area (Å²) < 4.78 is 6.88. The molecule has 1 saturated heterocycles. The summed E-state index contributed by atoms with van der Waals surface area (Å²) in [5.41, 5.74) is 0.958. The van der Waals surface area contributed by atoms with Crippen molar-refractivity contribution in [1.82, 2.24) is 19.8 Å². The summed E-state index contributed by atoms with van der Waals surface area (Å²) in [7, 11) is 0. The molecule has 10 heteroatoms. The number of fused-ring (bicyclic) bond motifs is 1. The number of halogens is 2. The van der Waals surface area contributed by atoms with Crippen molar-refractivity contribution < 1.29 is 9.53 Å². The fourth-order valence-corrected chi connectivity index (χ4v) is 5.36. The zero-order valence-electron chi connectivity index (χ0n) is 19.3. The van der Waals surface area contributed by atoms with E-state index in [1.54, 1.807) is 24.3 Å². The number of hydrogen-bond acceptors (Lipinski definition) is 6. The highest BCUT2D eigenvalue weighted by Crippen LogP contribution is 2.28. The van der Waals surface area contributed by atoms with Crippen molar-refractivity contribution in [2.24, 2.45) is 0 Å². The fourth-order valence-electron chi connectivity index (χ4n) is 3.92. The largest absolute Gasteiger partial charge is 0.379 e. The van der Waals surface area contributed by atoms with Crippen LogP contribution in [0.15, 0.2) is 52.4 Å². The summed E-state index contributed by atoms with van der Waals surface area (Å²) in [4.78, 5) is 32.7. The number of benzene rings is 2. The number of hydrogen-bond donors (Lipinski definition) is 1. The van der Waals surface area contributed by atoms with Gasteiger partial charge in [-0.15, -0.1) is 0 Å². The number of rotatable bonds is 10. The molecule has 35 heavy (non-hydrogen) atoms. The first-order valence-corrected chi connectivity index (χ1v) is 13.4. The van der Waals surface area contributed by atoms with Gasteiger partial charge in [0.25, 0.3) is 5.56 Å². The van der Waals surface area contributed by atoms with Crippen LogP contribution < -0.4 is 10.9 Å². The minimum absolute atomic E-state index is 0.0391. The lowest BCUT2D eigenvalue weighted by Gasteiger charge is -2.26. The van der Waals surface area contributed by atoms with Gasteiger partial charge < -0.3 is 10.1 Å². The maximum absolute atomic E-state index is 13.3. The molecular formula is C25H28Cl2N4O3S. The predicted molar refractivity (Wildman–Crippen MR) is 142 cm³/mol. The maximum atomic E-state index is 13.3. The number of nitrogens with one attached hydrogen (secondary N) is 1. The topological polar surface area (TPSA) is 76.5 Å². The fraction of sp³-hybridized carbons (Fsp3) is 0.400. The van der Waals surface area contributed by atoms with Crippen molar-refractivity contribution in [3.05, 3.63) is 62.9 Å². The first kappa shape index (κ1) is 26.0. The Bertz CT molecular complexity index is 1230. The highest BCUT2D eigenvalue weighted by atomic mass is 35.5. The Balaban J connectivity index is 1.35. The molecule has 0 saturated carbocycles. The van der Waals surface area contributed by atoms with E-state index in [0.29, 0.717) is 56.9 Å². The summed E-state index contributed by atoms with van der Waals surface area (Å²) in [6.45, 7) is 5.13. The van der Waals surface area contributed by atoms with Gasteiger partial charge in [-0.25, -0.2) is 4.98 Å². The smallest absolute Gasteiger partial charge is 0.266 e.